The first-order chi connectivity index (χ1) is 12.7. The van der Waals surface area contributed by atoms with E-state index in [1.165, 1.54) is 0 Å². The number of hydrazone groups is 1. The first-order valence-corrected chi connectivity index (χ1v) is 8.66. The van der Waals surface area contributed by atoms with Gasteiger partial charge in [0.05, 0.1) is 11.8 Å². The lowest BCUT2D eigenvalue weighted by Crippen LogP contribution is -2.27. The van der Waals surface area contributed by atoms with Crippen molar-refractivity contribution in [1.29, 1.82) is 0 Å². The molecule has 26 heavy (non-hydrogen) atoms. The normalized spacial score (nSPS) is 16.4. The van der Waals surface area contributed by atoms with Gasteiger partial charge in [-0.1, -0.05) is 48.5 Å². The summed E-state index contributed by atoms with van der Waals surface area (Å²) in [6, 6.07) is 21.2. The zero-order chi connectivity index (χ0) is 17.9. The van der Waals surface area contributed by atoms with Crippen molar-refractivity contribution >= 4 is 11.6 Å². The van der Waals surface area contributed by atoms with Crippen LogP contribution in [0.1, 0.15) is 39.5 Å². The third-order valence-electron chi connectivity index (χ3n) is 4.66. The zero-order valence-corrected chi connectivity index (χ0v) is 14.5. The summed E-state index contributed by atoms with van der Waals surface area (Å²) in [5, 5.41) is 6.33. The van der Waals surface area contributed by atoms with Gasteiger partial charge in [-0.15, -0.1) is 0 Å². The third kappa shape index (κ3) is 3.02. The molecule has 0 radical (unpaired) electrons. The van der Waals surface area contributed by atoms with Crippen molar-refractivity contribution < 1.29 is 4.79 Å². The summed E-state index contributed by atoms with van der Waals surface area (Å²) in [5.41, 5.74) is 4.80. The lowest BCUT2D eigenvalue weighted by Gasteiger charge is -2.21. The van der Waals surface area contributed by atoms with Crippen LogP contribution in [0.4, 0.5) is 0 Å². The van der Waals surface area contributed by atoms with E-state index in [1.54, 1.807) is 11.2 Å². The number of rotatable bonds is 3. The summed E-state index contributed by atoms with van der Waals surface area (Å²) in [4.78, 5) is 17.3. The molecule has 1 aromatic heterocycles. The Hall–Kier alpha value is -3.27. The van der Waals surface area contributed by atoms with Crippen LogP contribution in [-0.2, 0) is 0 Å². The minimum absolute atomic E-state index is 0.0944. The second-order valence-corrected chi connectivity index (χ2v) is 6.38. The van der Waals surface area contributed by atoms with Crippen LogP contribution in [0.2, 0.25) is 0 Å². The Morgan fingerprint density at radius 1 is 1.00 bits per heavy atom. The molecule has 1 aliphatic rings. The predicted octanol–water partition coefficient (Wildman–Crippen LogP) is 4.38. The van der Waals surface area contributed by atoms with Crippen molar-refractivity contribution in [3.8, 4) is 0 Å². The number of amides is 1. The van der Waals surface area contributed by atoms with E-state index in [4.69, 9.17) is 5.10 Å². The van der Waals surface area contributed by atoms with Crippen molar-refractivity contribution in [3.63, 3.8) is 0 Å². The average Bonchev–Trinajstić information content (AvgIpc) is 3.14. The predicted molar refractivity (Wildman–Crippen MR) is 102 cm³/mol. The smallest absolute Gasteiger partial charge is 0.267 e. The van der Waals surface area contributed by atoms with E-state index in [-0.39, 0.29) is 11.9 Å². The zero-order valence-electron chi connectivity index (χ0n) is 14.5. The molecule has 0 bridgehead atoms. The molecule has 0 aliphatic carbocycles. The minimum Gasteiger partial charge on any atom is -0.267 e. The van der Waals surface area contributed by atoms with E-state index in [0.717, 1.165) is 22.4 Å². The second-order valence-electron chi connectivity index (χ2n) is 6.38. The fraction of sp³-hybridized carbons (Fsp3) is 0.136. The largest absolute Gasteiger partial charge is 0.274 e. The molecule has 1 unspecified atom stereocenters. The highest BCUT2D eigenvalue weighted by Crippen LogP contribution is 2.34. The van der Waals surface area contributed by atoms with Crippen LogP contribution in [-0.4, -0.2) is 21.6 Å². The molecular weight excluding hydrogens is 322 g/mol. The van der Waals surface area contributed by atoms with Crippen LogP contribution in [0.25, 0.3) is 0 Å². The van der Waals surface area contributed by atoms with Crippen LogP contribution >= 0.6 is 0 Å². The molecule has 128 valence electrons. The van der Waals surface area contributed by atoms with Crippen molar-refractivity contribution in [2.24, 2.45) is 5.10 Å². The summed E-state index contributed by atoms with van der Waals surface area (Å²) in [7, 11) is 0. The molecule has 1 atom stereocenters. The summed E-state index contributed by atoms with van der Waals surface area (Å²) < 4.78 is 0. The number of nitrogens with zero attached hydrogens (tertiary/aromatic N) is 3. The van der Waals surface area contributed by atoms with Gasteiger partial charge >= 0.3 is 0 Å². The number of hydrogen-bond acceptors (Lipinski definition) is 3. The van der Waals surface area contributed by atoms with Crippen molar-refractivity contribution in [2.75, 3.05) is 0 Å². The molecule has 2 aromatic carbocycles. The molecule has 1 amide bonds. The molecule has 2 heterocycles. The summed E-state index contributed by atoms with van der Waals surface area (Å²) in [5.74, 6) is -0.0944. The first kappa shape index (κ1) is 16.2. The highest BCUT2D eigenvalue weighted by Gasteiger charge is 2.34. The van der Waals surface area contributed by atoms with E-state index in [0.29, 0.717) is 12.0 Å². The molecule has 0 saturated carbocycles. The number of pyridine rings is 1. The van der Waals surface area contributed by atoms with Crippen molar-refractivity contribution in [2.45, 2.75) is 19.4 Å². The fourth-order valence-electron chi connectivity index (χ4n) is 3.30. The average molecular weight is 341 g/mol. The lowest BCUT2D eigenvalue weighted by atomic mass is 9.97. The van der Waals surface area contributed by atoms with Gasteiger partial charge in [-0.3, -0.25) is 9.78 Å². The number of carbonyl (C=O) groups is 1. The quantitative estimate of drug-likeness (QED) is 0.709. The minimum atomic E-state index is -0.147. The van der Waals surface area contributed by atoms with Gasteiger partial charge in [0.15, 0.2) is 0 Å². The van der Waals surface area contributed by atoms with Gasteiger partial charge in [-0.05, 0) is 36.2 Å². The van der Waals surface area contributed by atoms with Gasteiger partial charge in [-0.2, -0.15) is 5.10 Å². The standard InChI is InChI=1S/C22H19N3O/c1-16-8-5-6-12-19(16)20-14-21(18-11-7-13-23-15-18)25(24-20)22(26)17-9-3-2-4-10-17/h2-13,15,21H,14H2,1H3. The summed E-state index contributed by atoms with van der Waals surface area (Å²) >= 11 is 0. The fourth-order valence-corrected chi connectivity index (χ4v) is 3.30. The second kappa shape index (κ2) is 6.92. The molecule has 1 aliphatic heterocycles. The molecular formula is C22H19N3O. The van der Waals surface area contributed by atoms with E-state index in [2.05, 4.69) is 24.0 Å². The third-order valence-corrected chi connectivity index (χ3v) is 4.66. The molecule has 0 fully saturated rings. The highest BCUT2D eigenvalue weighted by atomic mass is 16.2. The van der Waals surface area contributed by atoms with E-state index >= 15 is 0 Å². The number of aromatic nitrogens is 1. The number of benzene rings is 2. The van der Waals surface area contributed by atoms with Crippen LogP contribution in [0, 0.1) is 6.92 Å². The maximum absolute atomic E-state index is 13.1. The van der Waals surface area contributed by atoms with Crippen LogP contribution in [0.3, 0.4) is 0 Å². The van der Waals surface area contributed by atoms with E-state index in [9.17, 15) is 4.79 Å². The van der Waals surface area contributed by atoms with Gasteiger partial charge in [0.1, 0.15) is 0 Å². The number of carbonyl (C=O) groups excluding carboxylic acids is 1. The summed E-state index contributed by atoms with van der Waals surface area (Å²) in [6.07, 6.45) is 4.23. The molecule has 4 nitrogen and oxygen atoms in total. The Bertz CT molecular complexity index is 951. The van der Waals surface area contributed by atoms with Crippen LogP contribution in [0.15, 0.2) is 84.2 Å². The van der Waals surface area contributed by atoms with E-state index < -0.39 is 0 Å². The van der Waals surface area contributed by atoms with Crippen molar-refractivity contribution in [1.82, 2.24) is 9.99 Å². The molecule has 4 heteroatoms. The Labute approximate surface area is 152 Å². The molecule has 4 rings (SSSR count). The topological polar surface area (TPSA) is 45.6 Å². The summed E-state index contributed by atoms with van der Waals surface area (Å²) in [6.45, 7) is 2.07. The highest BCUT2D eigenvalue weighted by molar-refractivity contribution is 6.05. The molecule has 3 aromatic rings. The van der Waals surface area contributed by atoms with Gasteiger partial charge in [0, 0.05) is 29.9 Å². The Morgan fingerprint density at radius 2 is 1.77 bits per heavy atom. The van der Waals surface area contributed by atoms with Crippen LogP contribution < -0.4 is 0 Å². The van der Waals surface area contributed by atoms with Gasteiger partial charge in [0.2, 0.25) is 0 Å². The van der Waals surface area contributed by atoms with E-state index in [1.807, 2.05) is 60.8 Å². The molecule has 0 spiro atoms. The van der Waals surface area contributed by atoms with Crippen molar-refractivity contribution in [3.05, 3.63) is 101 Å². The first-order valence-electron chi connectivity index (χ1n) is 8.66. The Morgan fingerprint density at radius 3 is 2.50 bits per heavy atom. The molecule has 0 saturated heterocycles. The lowest BCUT2D eigenvalue weighted by molar-refractivity contribution is 0.0711. The Kier molecular flexibility index (Phi) is 4.32. The van der Waals surface area contributed by atoms with Gasteiger partial charge < -0.3 is 0 Å². The van der Waals surface area contributed by atoms with Crippen LogP contribution in [0.5, 0.6) is 0 Å². The Balaban J connectivity index is 1.75. The SMILES string of the molecule is Cc1ccccc1C1=NN(C(=O)c2ccccc2)C(c2cccnc2)C1. The maximum Gasteiger partial charge on any atom is 0.274 e. The van der Waals surface area contributed by atoms with Gasteiger partial charge in [-0.25, -0.2) is 5.01 Å². The van der Waals surface area contributed by atoms with Gasteiger partial charge in [0.25, 0.3) is 5.91 Å². The molecule has 0 N–H and O–H groups in total. The maximum atomic E-state index is 13.1. The number of aryl methyl sites for hydroxylation is 1. The monoisotopic (exact) mass is 341 g/mol. The number of hydrogen-bond donors (Lipinski definition) is 0.